The maximum absolute atomic E-state index is 6.52. The second-order valence-electron chi connectivity index (χ2n) is 13.0. The maximum Gasteiger partial charge on any atom is 0.162 e. The molecular formula is C46H27N3O2. The van der Waals surface area contributed by atoms with E-state index in [2.05, 4.69) is 102 Å². The topological polar surface area (TPSA) is 55.3 Å². The van der Waals surface area contributed by atoms with Gasteiger partial charge in [0.15, 0.2) is 11.2 Å². The molecule has 5 nitrogen and oxygen atoms in total. The number of furan rings is 2. The molecule has 238 valence electrons. The molecule has 11 aromatic rings. The van der Waals surface area contributed by atoms with Gasteiger partial charge >= 0.3 is 0 Å². The smallest absolute Gasteiger partial charge is 0.162 e. The Hall–Kier alpha value is -6.98. The monoisotopic (exact) mass is 653 g/mol. The van der Waals surface area contributed by atoms with Gasteiger partial charge in [-0.05, 0) is 92.0 Å². The van der Waals surface area contributed by atoms with E-state index < -0.39 is 0 Å². The molecular weight excluding hydrogens is 627 g/mol. The number of benzene rings is 7. The third-order valence-electron chi connectivity index (χ3n) is 10.1. The Morgan fingerprint density at radius 1 is 0.451 bits per heavy atom. The normalized spacial score (nSPS) is 11.9. The first kappa shape index (κ1) is 27.9. The van der Waals surface area contributed by atoms with Gasteiger partial charge in [0.1, 0.15) is 28.2 Å². The first-order chi connectivity index (χ1) is 25.3. The molecule has 0 bridgehead atoms. The molecule has 0 aliphatic heterocycles. The van der Waals surface area contributed by atoms with Crippen LogP contribution in [-0.2, 0) is 0 Å². The Kier molecular flexibility index (Phi) is 5.89. The third kappa shape index (κ3) is 4.28. The molecule has 0 spiro atoms. The zero-order valence-electron chi connectivity index (χ0n) is 27.2. The molecule has 7 aromatic carbocycles. The number of hydrogen-bond acceptors (Lipinski definition) is 5. The number of fused-ring (bicyclic) bond motifs is 11. The molecule has 0 aliphatic rings. The molecule has 51 heavy (non-hydrogen) atoms. The highest BCUT2D eigenvalue weighted by atomic mass is 16.3. The fourth-order valence-electron chi connectivity index (χ4n) is 7.69. The van der Waals surface area contributed by atoms with Gasteiger partial charge in [0.2, 0.25) is 0 Å². The van der Waals surface area contributed by atoms with Crippen molar-refractivity contribution in [3.05, 3.63) is 164 Å². The van der Waals surface area contributed by atoms with Gasteiger partial charge in [-0.2, -0.15) is 0 Å². The Morgan fingerprint density at radius 3 is 1.96 bits per heavy atom. The van der Waals surface area contributed by atoms with Crippen LogP contribution in [0.2, 0.25) is 0 Å². The fraction of sp³-hybridized carbons (Fsp3) is 0. The first-order valence-corrected chi connectivity index (χ1v) is 17.1. The number of anilines is 3. The Balaban J connectivity index is 1.09. The van der Waals surface area contributed by atoms with Gasteiger partial charge in [-0.25, -0.2) is 4.98 Å². The van der Waals surface area contributed by atoms with Gasteiger partial charge in [0.25, 0.3) is 0 Å². The first-order valence-electron chi connectivity index (χ1n) is 17.1. The number of pyridine rings is 2. The number of hydrogen-bond donors (Lipinski definition) is 0. The maximum atomic E-state index is 6.52. The van der Waals surface area contributed by atoms with Gasteiger partial charge in [0, 0.05) is 28.0 Å². The number of nitrogens with zero attached hydrogens (tertiary/aromatic N) is 3. The summed E-state index contributed by atoms with van der Waals surface area (Å²) in [5, 5.41) is 10.5. The van der Waals surface area contributed by atoms with Gasteiger partial charge in [0.05, 0.1) is 6.20 Å². The highest BCUT2D eigenvalue weighted by Gasteiger charge is 2.22. The van der Waals surface area contributed by atoms with E-state index in [0.29, 0.717) is 0 Å². The van der Waals surface area contributed by atoms with E-state index in [4.69, 9.17) is 18.8 Å². The summed E-state index contributed by atoms with van der Waals surface area (Å²) in [5.74, 6) is 0.737. The van der Waals surface area contributed by atoms with E-state index in [-0.39, 0.29) is 0 Å². The second kappa shape index (κ2) is 10.8. The van der Waals surface area contributed by atoms with E-state index in [9.17, 15) is 0 Å². The lowest BCUT2D eigenvalue weighted by molar-refractivity contribution is 0.668. The van der Waals surface area contributed by atoms with Crippen molar-refractivity contribution in [3.63, 3.8) is 0 Å². The summed E-state index contributed by atoms with van der Waals surface area (Å²) < 4.78 is 12.7. The largest absolute Gasteiger partial charge is 0.454 e. The average Bonchev–Trinajstić information content (AvgIpc) is 3.77. The highest BCUT2D eigenvalue weighted by molar-refractivity contribution is 6.20. The summed E-state index contributed by atoms with van der Waals surface area (Å²) in [4.78, 5) is 12.0. The predicted octanol–water partition coefficient (Wildman–Crippen LogP) is 12.9. The standard InChI is InChI=1S/C46H27N3O2/c1-2-8-34-29(7-1)13-16-31-17-14-30-15-18-32(25-37(30)44(31)34)28-19-21-33(22-20-28)49(39-27-47-26-38-35-9-3-5-11-40(35)51-46(38)39)43-24-23-42-45(48-43)36-10-4-6-12-41(36)50-42/h1-27H. The van der Waals surface area contributed by atoms with Crippen molar-refractivity contribution in [2.45, 2.75) is 0 Å². The minimum atomic E-state index is 0.737. The van der Waals surface area contributed by atoms with Crippen molar-refractivity contribution in [2.24, 2.45) is 0 Å². The molecule has 0 radical (unpaired) electrons. The summed E-state index contributed by atoms with van der Waals surface area (Å²) in [6.45, 7) is 0. The van der Waals surface area contributed by atoms with Crippen molar-refractivity contribution < 1.29 is 8.83 Å². The Morgan fingerprint density at radius 2 is 1.12 bits per heavy atom. The third-order valence-corrected chi connectivity index (χ3v) is 10.1. The molecule has 4 heterocycles. The Labute approximate surface area is 291 Å². The Bertz CT molecular complexity index is 3150. The molecule has 0 amide bonds. The van der Waals surface area contributed by atoms with Crippen LogP contribution in [0.15, 0.2) is 173 Å². The average molecular weight is 654 g/mol. The molecule has 5 heteroatoms. The minimum absolute atomic E-state index is 0.737. The molecule has 0 N–H and O–H groups in total. The summed E-state index contributed by atoms with van der Waals surface area (Å²) in [7, 11) is 0. The van der Waals surface area contributed by atoms with Crippen LogP contribution in [0.4, 0.5) is 17.2 Å². The molecule has 0 unspecified atom stereocenters. The zero-order chi connectivity index (χ0) is 33.5. The summed E-state index contributed by atoms with van der Waals surface area (Å²) in [5.41, 5.74) is 7.96. The van der Waals surface area contributed by atoms with Crippen molar-refractivity contribution in [2.75, 3.05) is 4.90 Å². The molecule has 0 saturated heterocycles. The van der Waals surface area contributed by atoms with Crippen molar-refractivity contribution >= 4 is 93.5 Å². The molecule has 0 aliphatic carbocycles. The summed E-state index contributed by atoms with van der Waals surface area (Å²) >= 11 is 0. The molecule has 11 rings (SSSR count). The molecule has 4 aromatic heterocycles. The van der Waals surface area contributed by atoms with Crippen molar-refractivity contribution in [1.82, 2.24) is 9.97 Å². The van der Waals surface area contributed by atoms with Crippen LogP contribution in [0.3, 0.4) is 0 Å². The fourth-order valence-corrected chi connectivity index (χ4v) is 7.69. The number of para-hydroxylation sites is 2. The van der Waals surface area contributed by atoms with Crippen molar-refractivity contribution in [1.29, 1.82) is 0 Å². The van der Waals surface area contributed by atoms with E-state index in [1.165, 1.54) is 32.3 Å². The van der Waals surface area contributed by atoms with Crippen LogP contribution >= 0.6 is 0 Å². The van der Waals surface area contributed by atoms with E-state index in [1.807, 2.05) is 67.0 Å². The van der Waals surface area contributed by atoms with Crippen LogP contribution in [0.5, 0.6) is 0 Å². The minimum Gasteiger partial charge on any atom is -0.454 e. The van der Waals surface area contributed by atoms with Gasteiger partial charge in [-0.1, -0.05) is 103 Å². The van der Waals surface area contributed by atoms with Crippen LogP contribution in [0.25, 0.3) is 87.5 Å². The van der Waals surface area contributed by atoms with E-state index in [0.717, 1.165) is 72.3 Å². The van der Waals surface area contributed by atoms with E-state index in [1.54, 1.807) is 0 Å². The van der Waals surface area contributed by atoms with Crippen molar-refractivity contribution in [3.8, 4) is 11.1 Å². The molecule has 0 atom stereocenters. The predicted molar refractivity (Wildman–Crippen MR) is 209 cm³/mol. The molecule has 0 saturated carbocycles. The van der Waals surface area contributed by atoms with Crippen LogP contribution < -0.4 is 4.90 Å². The van der Waals surface area contributed by atoms with Crippen LogP contribution in [0, 0.1) is 0 Å². The quantitative estimate of drug-likeness (QED) is 0.177. The SMILES string of the molecule is c1ccc2c(c1)ccc1ccc3ccc(-c4ccc(N(c5ccc6oc7ccccc7c6n5)c5cncc6c5oc5ccccc56)cc4)cc3c12. The number of rotatable bonds is 4. The van der Waals surface area contributed by atoms with Crippen LogP contribution in [-0.4, -0.2) is 9.97 Å². The summed E-state index contributed by atoms with van der Waals surface area (Å²) in [6, 6.07) is 53.1. The van der Waals surface area contributed by atoms with Gasteiger partial charge in [-0.15, -0.1) is 0 Å². The van der Waals surface area contributed by atoms with Gasteiger partial charge in [-0.3, -0.25) is 9.88 Å². The lowest BCUT2D eigenvalue weighted by Crippen LogP contribution is -2.12. The summed E-state index contributed by atoms with van der Waals surface area (Å²) in [6.07, 6.45) is 3.73. The second-order valence-corrected chi connectivity index (χ2v) is 13.0. The highest BCUT2D eigenvalue weighted by Crippen LogP contribution is 2.43. The van der Waals surface area contributed by atoms with E-state index >= 15 is 0 Å². The molecule has 0 fully saturated rings. The van der Waals surface area contributed by atoms with Gasteiger partial charge < -0.3 is 8.83 Å². The zero-order valence-corrected chi connectivity index (χ0v) is 27.2. The number of aromatic nitrogens is 2. The lowest BCUT2D eigenvalue weighted by Gasteiger charge is -2.24. The lowest BCUT2D eigenvalue weighted by atomic mass is 9.94. The van der Waals surface area contributed by atoms with Crippen LogP contribution in [0.1, 0.15) is 0 Å².